The van der Waals surface area contributed by atoms with Crippen molar-refractivity contribution in [1.29, 1.82) is 0 Å². The van der Waals surface area contributed by atoms with Gasteiger partial charge in [-0.25, -0.2) is 4.79 Å². The minimum absolute atomic E-state index is 0.0611. The van der Waals surface area contributed by atoms with Crippen LogP contribution >= 0.6 is 0 Å². The number of aromatic nitrogens is 1. The number of amides is 2. The lowest BCUT2D eigenvalue weighted by Gasteiger charge is -2.59. The maximum Gasteiger partial charge on any atom is 0.322 e. The van der Waals surface area contributed by atoms with Gasteiger partial charge in [0.05, 0.1) is 17.9 Å². The second kappa shape index (κ2) is 6.24. The molecule has 2 saturated heterocycles. The predicted octanol–water partition coefficient (Wildman–Crippen LogP) is 3.47. The third-order valence-corrected chi connectivity index (χ3v) is 5.15. The molecular weight excluding hydrogens is 302 g/mol. The first-order chi connectivity index (χ1) is 11.8. The summed E-state index contributed by atoms with van der Waals surface area (Å²) in [5.41, 5.74) is 2.07. The van der Waals surface area contributed by atoms with Crippen molar-refractivity contribution in [2.45, 2.75) is 18.9 Å². The molecule has 2 amide bonds. The van der Waals surface area contributed by atoms with E-state index in [1.165, 1.54) is 5.56 Å². The number of nitrogens with zero attached hydrogens (tertiary/aromatic N) is 2. The smallest absolute Gasteiger partial charge is 0.322 e. The normalized spacial score (nSPS) is 22.0. The molecule has 1 aromatic carbocycles. The first-order valence-corrected chi connectivity index (χ1v) is 8.39. The molecule has 2 aliphatic heterocycles. The summed E-state index contributed by atoms with van der Waals surface area (Å²) in [5.74, 6) is 0. The van der Waals surface area contributed by atoms with Crippen LogP contribution in [0, 0.1) is 5.41 Å². The Morgan fingerprint density at radius 1 is 1.17 bits per heavy atom. The highest BCUT2D eigenvalue weighted by Gasteiger charge is 2.55. The highest BCUT2D eigenvalue weighted by atomic mass is 16.5. The van der Waals surface area contributed by atoms with Crippen molar-refractivity contribution in [3.63, 3.8) is 0 Å². The molecule has 3 heterocycles. The van der Waals surface area contributed by atoms with Crippen LogP contribution in [-0.4, -0.2) is 35.7 Å². The fraction of sp³-hybridized carbons (Fsp3) is 0.368. The van der Waals surface area contributed by atoms with Crippen LogP contribution in [0.2, 0.25) is 0 Å². The van der Waals surface area contributed by atoms with Crippen LogP contribution in [0.5, 0.6) is 0 Å². The summed E-state index contributed by atoms with van der Waals surface area (Å²) in [6.45, 7) is 2.34. The van der Waals surface area contributed by atoms with Gasteiger partial charge in [-0.1, -0.05) is 30.3 Å². The molecule has 124 valence electrons. The van der Waals surface area contributed by atoms with E-state index in [1.54, 1.807) is 12.4 Å². The number of benzene rings is 1. The van der Waals surface area contributed by atoms with Gasteiger partial charge in [0, 0.05) is 31.4 Å². The number of carbonyl (C=O) groups excluding carboxylic acids is 1. The van der Waals surface area contributed by atoms with E-state index in [2.05, 4.69) is 22.4 Å². The van der Waals surface area contributed by atoms with Crippen LogP contribution in [-0.2, 0) is 4.74 Å². The van der Waals surface area contributed by atoms with E-state index < -0.39 is 0 Å². The van der Waals surface area contributed by atoms with Crippen molar-refractivity contribution in [3.05, 3.63) is 60.4 Å². The first kappa shape index (κ1) is 15.1. The Labute approximate surface area is 141 Å². The fourth-order valence-electron chi connectivity index (χ4n) is 3.93. The van der Waals surface area contributed by atoms with E-state index in [0.29, 0.717) is 0 Å². The summed E-state index contributed by atoms with van der Waals surface area (Å²) in [6, 6.07) is 14.0. The van der Waals surface area contributed by atoms with Gasteiger partial charge in [0.1, 0.15) is 0 Å². The molecule has 1 aromatic heterocycles. The molecule has 1 spiro atoms. The molecular formula is C19H21N3O2. The number of urea groups is 1. The molecule has 1 atom stereocenters. The largest absolute Gasteiger partial charge is 0.381 e. The summed E-state index contributed by atoms with van der Waals surface area (Å²) >= 11 is 0. The Morgan fingerprint density at radius 3 is 2.67 bits per heavy atom. The lowest BCUT2D eigenvalue weighted by atomic mass is 9.64. The van der Waals surface area contributed by atoms with Crippen molar-refractivity contribution in [3.8, 4) is 0 Å². The van der Waals surface area contributed by atoms with Gasteiger partial charge in [0.15, 0.2) is 0 Å². The van der Waals surface area contributed by atoms with Gasteiger partial charge < -0.3 is 15.0 Å². The molecule has 0 bridgehead atoms. The monoisotopic (exact) mass is 323 g/mol. The summed E-state index contributed by atoms with van der Waals surface area (Å²) in [6.07, 6.45) is 5.37. The SMILES string of the molecule is O=C(Nc1cccnc1)N1CC2(CCOCC2)C1c1ccccc1. The Bertz CT molecular complexity index is 699. The van der Waals surface area contributed by atoms with E-state index in [1.807, 2.05) is 35.2 Å². The van der Waals surface area contributed by atoms with Crippen LogP contribution in [0.25, 0.3) is 0 Å². The number of hydrogen-bond acceptors (Lipinski definition) is 3. The third-order valence-electron chi connectivity index (χ3n) is 5.15. The van der Waals surface area contributed by atoms with Crippen LogP contribution in [0.4, 0.5) is 10.5 Å². The van der Waals surface area contributed by atoms with Crippen molar-refractivity contribution in [2.24, 2.45) is 5.41 Å². The molecule has 2 aromatic rings. The minimum atomic E-state index is -0.0611. The van der Waals surface area contributed by atoms with Crippen LogP contribution < -0.4 is 5.32 Å². The number of ether oxygens (including phenoxy) is 1. The van der Waals surface area contributed by atoms with Crippen LogP contribution in [0.3, 0.4) is 0 Å². The number of hydrogen-bond donors (Lipinski definition) is 1. The molecule has 24 heavy (non-hydrogen) atoms. The molecule has 1 unspecified atom stereocenters. The number of likely N-dealkylation sites (tertiary alicyclic amines) is 1. The quantitative estimate of drug-likeness (QED) is 0.921. The first-order valence-electron chi connectivity index (χ1n) is 8.39. The van der Waals surface area contributed by atoms with E-state index in [9.17, 15) is 4.79 Å². The summed E-state index contributed by atoms with van der Waals surface area (Å²) in [7, 11) is 0. The minimum Gasteiger partial charge on any atom is -0.381 e. The van der Waals surface area contributed by atoms with E-state index in [-0.39, 0.29) is 17.5 Å². The summed E-state index contributed by atoms with van der Waals surface area (Å²) in [5, 5.41) is 2.96. The number of carbonyl (C=O) groups is 1. The molecule has 0 radical (unpaired) electrons. The van der Waals surface area contributed by atoms with Gasteiger partial charge in [0.25, 0.3) is 0 Å². The molecule has 5 heteroatoms. The Kier molecular flexibility index (Phi) is 3.94. The maximum atomic E-state index is 12.8. The Balaban J connectivity index is 1.57. The molecule has 2 fully saturated rings. The lowest BCUT2D eigenvalue weighted by molar-refractivity contribution is -0.109. The highest BCUT2D eigenvalue weighted by Crippen LogP contribution is 2.54. The molecule has 0 saturated carbocycles. The standard InChI is InChI=1S/C19H21N3O2/c23-18(21-16-7-4-10-20-13-16)22-14-19(8-11-24-12-9-19)17(22)15-5-2-1-3-6-15/h1-7,10,13,17H,8-9,11-12,14H2,(H,21,23). The summed E-state index contributed by atoms with van der Waals surface area (Å²) in [4.78, 5) is 18.8. The van der Waals surface area contributed by atoms with Crippen LogP contribution in [0.1, 0.15) is 24.4 Å². The Morgan fingerprint density at radius 2 is 1.96 bits per heavy atom. The zero-order valence-electron chi connectivity index (χ0n) is 13.5. The van der Waals surface area contributed by atoms with Crippen molar-refractivity contribution >= 4 is 11.7 Å². The highest BCUT2D eigenvalue weighted by molar-refractivity contribution is 5.90. The number of pyridine rings is 1. The van der Waals surface area contributed by atoms with Gasteiger partial charge in [-0.2, -0.15) is 0 Å². The van der Waals surface area contributed by atoms with E-state index in [0.717, 1.165) is 38.3 Å². The predicted molar refractivity (Wildman–Crippen MR) is 91.6 cm³/mol. The van der Waals surface area contributed by atoms with Gasteiger partial charge >= 0.3 is 6.03 Å². The zero-order valence-corrected chi connectivity index (χ0v) is 13.5. The second-order valence-electron chi connectivity index (χ2n) is 6.59. The van der Waals surface area contributed by atoms with Crippen LogP contribution in [0.15, 0.2) is 54.9 Å². The molecule has 5 nitrogen and oxygen atoms in total. The van der Waals surface area contributed by atoms with Gasteiger partial charge in [-0.3, -0.25) is 4.98 Å². The lowest BCUT2D eigenvalue weighted by Crippen LogP contribution is -2.63. The summed E-state index contributed by atoms with van der Waals surface area (Å²) < 4.78 is 5.55. The fourth-order valence-corrected chi connectivity index (χ4v) is 3.93. The molecule has 1 N–H and O–H groups in total. The zero-order chi connectivity index (χ0) is 16.4. The number of anilines is 1. The van der Waals surface area contributed by atoms with Crippen molar-refractivity contribution in [1.82, 2.24) is 9.88 Å². The van der Waals surface area contributed by atoms with Gasteiger partial charge in [0.2, 0.25) is 0 Å². The van der Waals surface area contributed by atoms with E-state index in [4.69, 9.17) is 4.74 Å². The third kappa shape index (κ3) is 2.65. The molecule has 0 aliphatic carbocycles. The number of nitrogens with one attached hydrogen (secondary N) is 1. The van der Waals surface area contributed by atoms with Gasteiger partial charge in [-0.15, -0.1) is 0 Å². The average Bonchev–Trinajstić information content (AvgIpc) is 2.62. The van der Waals surface area contributed by atoms with Crippen molar-refractivity contribution < 1.29 is 9.53 Å². The average molecular weight is 323 g/mol. The Hall–Kier alpha value is -2.40. The molecule has 2 aliphatic rings. The maximum absolute atomic E-state index is 12.8. The topological polar surface area (TPSA) is 54.5 Å². The second-order valence-corrected chi connectivity index (χ2v) is 6.59. The van der Waals surface area contributed by atoms with Gasteiger partial charge in [-0.05, 0) is 30.5 Å². The van der Waals surface area contributed by atoms with Crippen molar-refractivity contribution in [2.75, 3.05) is 25.1 Å². The number of rotatable bonds is 2. The molecule has 4 rings (SSSR count). The van der Waals surface area contributed by atoms with E-state index >= 15 is 0 Å².